The van der Waals surface area contributed by atoms with Crippen LogP contribution in [0.5, 0.6) is 0 Å². The van der Waals surface area contributed by atoms with E-state index in [-0.39, 0.29) is 24.7 Å². The molecule has 10 heteroatoms. The molecular weight excluding hydrogens is 378 g/mol. The molecule has 1 aliphatic heterocycles. The fourth-order valence-electron chi connectivity index (χ4n) is 3.09. The zero-order valence-electron chi connectivity index (χ0n) is 16.4. The van der Waals surface area contributed by atoms with E-state index in [1.54, 1.807) is 13.8 Å². The normalized spacial score (nSPS) is 22.2. The van der Waals surface area contributed by atoms with Gasteiger partial charge in [-0.3, -0.25) is 9.35 Å². The summed E-state index contributed by atoms with van der Waals surface area (Å²) in [5.74, 6) is -2.06. The van der Waals surface area contributed by atoms with E-state index in [9.17, 15) is 22.8 Å². The molecule has 3 atom stereocenters. The van der Waals surface area contributed by atoms with E-state index in [1.807, 2.05) is 13.8 Å². The van der Waals surface area contributed by atoms with Gasteiger partial charge in [-0.2, -0.15) is 8.42 Å². The summed E-state index contributed by atoms with van der Waals surface area (Å²) in [6, 6.07) is -0.640. The third kappa shape index (κ3) is 7.84. The standard InChI is InChI=1S/C17H29NO8S/c1-10(2)8-13-15(20)26-14(16(21)25-13)17(4,5)9-12(18-11(3)19)6-7-27(22,23)24/h10,12-14H,6-9H2,1-5H3,(H,18,19)(H,22,23,24)/t12?,13?,14-/m0/s1. The number of amides is 1. The molecule has 0 spiro atoms. The van der Waals surface area contributed by atoms with Crippen molar-refractivity contribution >= 4 is 28.0 Å². The largest absolute Gasteiger partial charge is 0.448 e. The molecule has 0 saturated carbocycles. The van der Waals surface area contributed by atoms with Gasteiger partial charge in [0, 0.05) is 18.4 Å². The summed E-state index contributed by atoms with van der Waals surface area (Å²) in [5.41, 5.74) is -0.929. The van der Waals surface area contributed by atoms with Crippen LogP contribution in [0, 0.1) is 11.3 Å². The van der Waals surface area contributed by atoms with E-state index in [4.69, 9.17) is 14.0 Å². The second kappa shape index (κ2) is 9.01. The molecule has 2 N–H and O–H groups in total. The van der Waals surface area contributed by atoms with Crippen LogP contribution in [-0.4, -0.2) is 54.8 Å². The van der Waals surface area contributed by atoms with Crippen LogP contribution in [0.1, 0.15) is 53.9 Å². The Morgan fingerprint density at radius 3 is 2.30 bits per heavy atom. The Bertz CT molecular complexity index is 670. The molecule has 0 aromatic heterocycles. The molecule has 1 heterocycles. The van der Waals surface area contributed by atoms with Crippen molar-refractivity contribution in [3.63, 3.8) is 0 Å². The number of hydrogen-bond donors (Lipinski definition) is 2. The summed E-state index contributed by atoms with van der Waals surface area (Å²) in [7, 11) is -4.20. The summed E-state index contributed by atoms with van der Waals surface area (Å²) in [6.45, 7) is 8.39. The van der Waals surface area contributed by atoms with Gasteiger partial charge in [0.25, 0.3) is 10.1 Å². The fraction of sp³-hybridized carbons (Fsp3) is 0.824. The average molecular weight is 407 g/mol. The number of carbonyl (C=O) groups excluding carboxylic acids is 3. The summed E-state index contributed by atoms with van der Waals surface area (Å²) >= 11 is 0. The third-order valence-electron chi connectivity index (χ3n) is 4.27. The zero-order valence-corrected chi connectivity index (χ0v) is 17.2. The molecule has 1 amide bonds. The van der Waals surface area contributed by atoms with Gasteiger partial charge in [0.1, 0.15) is 0 Å². The molecule has 0 bridgehead atoms. The van der Waals surface area contributed by atoms with Crippen LogP contribution < -0.4 is 5.32 Å². The molecule has 27 heavy (non-hydrogen) atoms. The van der Waals surface area contributed by atoms with E-state index < -0.39 is 51.5 Å². The maximum absolute atomic E-state index is 12.4. The average Bonchev–Trinajstić information content (AvgIpc) is 2.46. The first-order valence-electron chi connectivity index (χ1n) is 8.84. The first kappa shape index (κ1) is 23.4. The van der Waals surface area contributed by atoms with Gasteiger partial charge in [-0.1, -0.05) is 27.7 Å². The minimum absolute atomic E-state index is 0.0481. The third-order valence-corrected chi connectivity index (χ3v) is 5.02. The molecule has 2 unspecified atom stereocenters. The zero-order chi connectivity index (χ0) is 21.0. The van der Waals surface area contributed by atoms with Crippen molar-refractivity contribution in [2.45, 2.75) is 72.1 Å². The number of esters is 2. The molecule has 156 valence electrons. The van der Waals surface area contributed by atoms with Crippen molar-refractivity contribution in [1.29, 1.82) is 0 Å². The van der Waals surface area contributed by atoms with Crippen LogP contribution in [0.3, 0.4) is 0 Å². The topological polar surface area (TPSA) is 136 Å². The molecule has 0 aromatic carbocycles. The van der Waals surface area contributed by atoms with Crippen molar-refractivity contribution in [3.8, 4) is 0 Å². The second-order valence-electron chi connectivity index (χ2n) is 8.04. The Morgan fingerprint density at radius 1 is 1.22 bits per heavy atom. The SMILES string of the molecule is CC(=O)NC(CCS(=O)(=O)O)CC(C)(C)[C@H]1OC(=O)C(CC(C)C)OC1=O. The Hall–Kier alpha value is -1.68. The van der Waals surface area contributed by atoms with Gasteiger partial charge >= 0.3 is 11.9 Å². The Balaban J connectivity index is 2.87. The van der Waals surface area contributed by atoms with Crippen molar-refractivity contribution in [1.82, 2.24) is 5.32 Å². The molecule has 1 rings (SSSR count). The summed E-state index contributed by atoms with van der Waals surface area (Å²) < 4.78 is 41.5. The number of carbonyl (C=O) groups is 3. The van der Waals surface area contributed by atoms with Gasteiger partial charge in [-0.25, -0.2) is 9.59 Å². The minimum Gasteiger partial charge on any atom is -0.448 e. The molecule has 0 radical (unpaired) electrons. The van der Waals surface area contributed by atoms with E-state index in [0.717, 1.165) is 0 Å². The number of ether oxygens (including phenoxy) is 2. The Labute approximate surface area is 159 Å². The molecule has 0 aliphatic carbocycles. The van der Waals surface area contributed by atoms with E-state index in [2.05, 4.69) is 5.32 Å². The van der Waals surface area contributed by atoms with Gasteiger partial charge in [0.2, 0.25) is 12.0 Å². The van der Waals surface area contributed by atoms with E-state index in [0.29, 0.717) is 6.42 Å². The van der Waals surface area contributed by atoms with Gasteiger partial charge < -0.3 is 14.8 Å². The maximum atomic E-state index is 12.4. The first-order valence-corrected chi connectivity index (χ1v) is 10.5. The van der Waals surface area contributed by atoms with Crippen LogP contribution in [0.25, 0.3) is 0 Å². The highest BCUT2D eigenvalue weighted by atomic mass is 32.2. The van der Waals surface area contributed by atoms with Gasteiger partial charge in [0.05, 0.1) is 5.75 Å². The van der Waals surface area contributed by atoms with Crippen molar-refractivity contribution < 1.29 is 36.8 Å². The molecule has 1 fully saturated rings. The maximum Gasteiger partial charge on any atom is 0.348 e. The summed E-state index contributed by atoms with van der Waals surface area (Å²) in [5, 5.41) is 2.60. The monoisotopic (exact) mass is 407 g/mol. The Kier molecular flexibility index (Phi) is 7.79. The smallest absolute Gasteiger partial charge is 0.348 e. The highest BCUT2D eigenvalue weighted by Gasteiger charge is 2.47. The van der Waals surface area contributed by atoms with Crippen LogP contribution in [0.4, 0.5) is 0 Å². The molecule has 1 saturated heterocycles. The lowest BCUT2D eigenvalue weighted by molar-refractivity contribution is -0.205. The first-order chi connectivity index (χ1) is 12.2. The van der Waals surface area contributed by atoms with Gasteiger partial charge in [-0.15, -0.1) is 0 Å². The van der Waals surface area contributed by atoms with E-state index >= 15 is 0 Å². The van der Waals surface area contributed by atoms with Crippen molar-refractivity contribution in [3.05, 3.63) is 0 Å². The minimum atomic E-state index is -4.20. The highest BCUT2D eigenvalue weighted by molar-refractivity contribution is 7.85. The predicted molar refractivity (Wildman–Crippen MR) is 96.3 cm³/mol. The number of hydrogen-bond acceptors (Lipinski definition) is 7. The summed E-state index contributed by atoms with van der Waals surface area (Å²) in [6.07, 6.45) is -1.65. The van der Waals surface area contributed by atoms with Gasteiger partial charge in [-0.05, 0) is 25.2 Å². The Morgan fingerprint density at radius 2 is 1.81 bits per heavy atom. The van der Waals surface area contributed by atoms with E-state index in [1.165, 1.54) is 6.92 Å². The number of rotatable bonds is 9. The van der Waals surface area contributed by atoms with Crippen LogP contribution in [0.2, 0.25) is 0 Å². The van der Waals surface area contributed by atoms with Crippen LogP contribution in [-0.2, 0) is 34.0 Å². The number of cyclic esters (lactones) is 2. The van der Waals surface area contributed by atoms with Crippen molar-refractivity contribution in [2.75, 3.05) is 5.75 Å². The van der Waals surface area contributed by atoms with Crippen molar-refractivity contribution in [2.24, 2.45) is 11.3 Å². The molecule has 0 aromatic rings. The van der Waals surface area contributed by atoms with Crippen LogP contribution in [0.15, 0.2) is 0 Å². The lowest BCUT2D eigenvalue weighted by atomic mass is 9.79. The second-order valence-corrected chi connectivity index (χ2v) is 9.61. The number of nitrogens with one attached hydrogen (secondary N) is 1. The molecule has 1 aliphatic rings. The predicted octanol–water partition coefficient (Wildman–Crippen LogP) is 1.07. The quantitative estimate of drug-likeness (QED) is 0.428. The molecule has 9 nitrogen and oxygen atoms in total. The molecular formula is C17H29NO8S. The van der Waals surface area contributed by atoms with Crippen LogP contribution >= 0.6 is 0 Å². The summed E-state index contributed by atoms with van der Waals surface area (Å²) in [4.78, 5) is 36.0. The lowest BCUT2D eigenvalue weighted by Crippen LogP contribution is -2.52. The highest BCUT2D eigenvalue weighted by Crippen LogP contribution is 2.34. The fourth-order valence-corrected chi connectivity index (χ4v) is 3.67. The lowest BCUT2D eigenvalue weighted by Gasteiger charge is -2.39. The van der Waals surface area contributed by atoms with Gasteiger partial charge in [0.15, 0.2) is 6.10 Å².